The molecule has 1 atom stereocenters. The predicted octanol–water partition coefficient (Wildman–Crippen LogP) is 4.77. The second-order valence-electron chi connectivity index (χ2n) is 4.60. The summed E-state index contributed by atoms with van der Waals surface area (Å²) in [6.45, 7) is 2.05. The van der Waals surface area contributed by atoms with Crippen LogP contribution in [0.3, 0.4) is 0 Å². The Bertz CT molecular complexity index is 646. The summed E-state index contributed by atoms with van der Waals surface area (Å²) in [5.41, 5.74) is 7.75. The minimum Gasteiger partial charge on any atom is -0.378 e. The van der Waals surface area contributed by atoms with Crippen LogP contribution in [0, 0.1) is 0 Å². The van der Waals surface area contributed by atoms with Crippen molar-refractivity contribution in [1.29, 1.82) is 0 Å². The van der Waals surface area contributed by atoms with Crippen LogP contribution in [0.4, 0.5) is 16.2 Å². The lowest BCUT2D eigenvalue weighted by Crippen LogP contribution is -2.19. The summed E-state index contributed by atoms with van der Waals surface area (Å²) in [5, 5.41) is 6.59. The van der Waals surface area contributed by atoms with Crippen LogP contribution in [-0.2, 0) is 0 Å². The van der Waals surface area contributed by atoms with Crippen molar-refractivity contribution in [2.45, 2.75) is 13.0 Å². The number of nitrogens with two attached hydrogens (primary N) is 1. The number of primary amides is 1. The summed E-state index contributed by atoms with van der Waals surface area (Å²) >= 11 is 9.49. The maximum Gasteiger partial charge on any atom is 0.316 e. The molecule has 0 radical (unpaired) electrons. The SMILES string of the molecule is CC(Nc1cc(Cl)ccc1Br)c1ccc(NC(N)=O)cc1. The van der Waals surface area contributed by atoms with Gasteiger partial charge in [0.15, 0.2) is 0 Å². The molecule has 110 valence electrons. The average Bonchev–Trinajstić information content (AvgIpc) is 2.43. The number of hydrogen-bond acceptors (Lipinski definition) is 2. The van der Waals surface area contributed by atoms with Crippen LogP contribution in [0.1, 0.15) is 18.5 Å². The number of carbonyl (C=O) groups is 1. The van der Waals surface area contributed by atoms with Gasteiger partial charge in [-0.2, -0.15) is 0 Å². The zero-order chi connectivity index (χ0) is 15.4. The first-order valence-electron chi connectivity index (χ1n) is 6.33. The zero-order valence-electron chi connectivity index (χ0n) is 11.4. The molecule has 0 aromatic heterocycles. The Morgan fingerprint density at radius 1 is 1.24 bits per heavy atom. The zero-order valence-corrected chi connectivity index (χ0v) is 13.7. The molecule has 0 aliphatic heterocycles. The van der Waals surface area contributed by atoms with E-state index in [1.165, 1.54) is 0 Å². The number of carbonyl (C=O) groups excluding carboxylic acids is 1. The largest absolute Gasteiger partial charge is 0.378 e. The van der Waals surface area contributed by atoms with Gasteiger partial charge >= 0.3 is 6.03 Å². The van der Waals surface area contributed by atoms with Crippen molar-refractivity contribution in [3.8, 4) is 0 Å². The molecule has 0 fully saturated rings. The summed E-state index contributed by atoms with van der Waals surface area (Å²) in [6, 6.07) is 12.6. The first kappa shape index (κ1) is 15.7. The average molecular weight is 369 g/mol. The summed E-state index contributed by atoms with van der Waals surface area (Å²) in [6.07, 6.45) is 0. The summed E-state index contributed by atoms with van der Waals surface area (Å²) in [5.74, 6) is 0. The first-order valence-corrected chi connectivity index (χ1v) is 7.51. The number of anilines is 2. The highest BCUT2D eigenvalue weighted by Gasteiger charge is 2.08. The minimum absolute atomic E-state index is 0.0856. The first-order chi connectivity index (χ1) is 9.95. The van der Waals surface area contributed by atoms with E-state index in [9.17, 15) is 4.79 Å². The number of amides is 2. The lowest BCUT2D eigenvalue weighted by Gasteiger charge is -2.17. The van der Waals surface area contributed by atoms with Gasteiger partial charge in [0.05, 0.1) is 5.69 Å². The van der Waals surface area contributed by atoms with Crippen molar-refractivity contribution in [3.63, 3.8) is 0 Å². The summed E-state index contributed by atoms with van der Waals surface area (Å²) in [4.78, 5) is 10.8. The Kier molecular flexibility index (Phi) is 5.09. The van der Waals surface area contributed by atoms with Gasteiger partial charge in [-0.15, -0.1) is 0 Å². The van der Waals surface area contributed by atoms with E-state index >= 15 is 0 Å². The van der Waals surface area contributed by atoms with E-state index in [1.54, 1.807) is 0 Å². The van der Waals surface area contributed by atoms with Gasteiger partial charge in [0.25, 0.3) is 0 Å². The Balaban J connectivity index is 2.11. The molecule has 0 saturated carbocycles. The third kappa shape index (κ3) is 4.37. The minimum atomic E-state index is -0.572. The van der Waals surface area contributed by atoms with Crippen molar-refractivity contribution in [2.75, 3.05) is 10.6 Å². The fraction of sp³-hybridized carbons (Fsp3) is 0.133. The lowest BCUT2D eigenvalue weighted by atomic mass is 10.1. The Morgan fingerprint density at radius 2 is 1.90 bits per heavy atom. The smallest absolute Gasteiger partial charge is 0.316 e. The van der Waals surface area contributed by atoms with Crippen molar-refractivity contribution >= 4 is 44.9 Å². The van der Waals surface area contributed by atoms with E-state index in [0.29, 0.717) is 10.7 Å². The highest BCUT2D eigenvalue weighted by molar-refractivity contribution is 9.10. The molecule has 0 heterocycles. The molecule has 4 N–H and O–H groups in total. The number of halogens is 2. The quantitative estimate of drug-likeness (QED) is 0.728. The predicted molar refractivity (Wildman–Crippen MR) is 90.8 cm³/mol. The molecule has 0 aliphatic rings. The highest BCUT2D eigenvalue weighted by atomic mass is 79.9. The second-order valence-corrected chi connectivity index (χ2v) is 5.89. The van der Waals surface area contributed by atoms with Gasteiger partial charge < -0.3 is 16.4 Å². The number of urea groups is 1. The van der Waals surface area contributed by atoms with Gasteiger partial charge in [0.2, 0.25) is 0 Å². The van der Waals surface area contributed by atoms with Crippen LogP contribution in [0.2, 0.25) is 5.02 Å². The molecule has 0 aliphatic carbocycles. The Labute approximate surface area is 136 Å². The topological polar surface area (TPSA) is 67.2 Å². The second kappa shape index (κ2) is 6.83. The monoisotopic (exact) mass is 367 g/mol. The molecule has 1 unspecified atom stereocenters. The van der Waals surface area contributed by atoms with Crippen LogP contribution in [-0.4, -0.2) is 6.03 Å². The van der Waals surface area contributed by atoms with Gasteiger partial charge in [0, 0.05) is 21.2 Å². The van der Waals surface area contributed by atoms with Crippen molar-refractivity contribution < 1.29 is 4.79 Å². The van der Waals surface area contributed by atoms with Gasteiger partial charge in [0.1, 0.15) is 0 Å². The van der Waals surface area contributed by atoms with Gasteiger partial charge in [-0.3, -0.25) is 0 Å². The maximum absolute atomic E-state index is 10.8. The Hall–Kier alpha value is -1.72. The normalized spacial score (nSPS) is 11.8. The van der Waals surface area contributed by atoms with E-state index in [4.69, 9.17) is 17.3 Å². The maximum atomic E-state index is 10.8. The molecule has 2 aromatic rings. The summed E-state index contributed by atoms with van der Waals surface area (Å²) in [7, 11) is 0. The van der Waals surface area contributed by atoms with Gasteiger partial charge in [-0.1, -0.05) is 23.7 Å². The van der Waals surface area contributed by atoms with Crippen LogP contribution < -0.4 is 16.4 Å². The molecule has 0 saturated heterocycles. The number of rotatable bonds is 4. The molecule has 2 rings (SSSR count). The lowest BCUT2D eigenvalue weighted by molar-refractivity contribution is 0.259. The molecule has 2 aromatic carbocycles. The van der Waals surface area contributed by atoms with E-state index in [-0.39, 0.29) is 6.04 Å². The third-order valence-corrected chi connectivity index (χ3v) is 3.91. The van der Waals surface area contributed by atoms with Crippen molar-refractivity contribution in [2.24, 2.45) is 5.73 Å². The van der Waals surface area contributed by atoms with E-state index < -0.39 is 6.03 Å². The molecule has 2 amide bonds. The van der Waals surface area contributed by atoms with Gasteiger partial charge in [-0.05, 0) is 58.7 Å². The molecular formula is C15H15BrClN3O. The Morgan fingerprint density at radius 3 is 2.52 bits per heavy atom. The molecule has 21 heavy (non-hydrogen) atoms. The van der Waals surface area contributed by atoms with E-state index in [2.05, 4.69) is 26.6 Å². The highest BCUT2D eigenvalue weighted by Crippen LogP contribution is 2.29. The van der Waals surface area contributed by atoms with E-state index in [0.717, 1.165) is 15.7 Å². The van der Waals surface area contributed by atoms with Gasteiger partial charge in [-0.25, -0.2) is 4.79 Å². The molecule has 6 heteroatoms. The van der Waals surface area contributed by atoms with Crippen molar-refractivity contribution in [3.05, 3.63) is 57.5 Å². The van der Waals surface area contributed by atoms with E-state index in [1.807, 2.05) is 49.4 Å². The van der Waals surface area contributed by atoms with Crippen LogP contribution in [0.5, 0.6) is 0 Å². The fourth-order valence-corrected chi connectivity index (χ4v) is 2.46. The fourth-order valence-electron chi connectivity index (χ4n) is 1.92. The van der Waals surface area contributed by atoms with Crippen molar-refractivity contribution in [1.82, 2.24) is 0 Å². The van der Waals surface area contributed by atoms with Crippen LogP contribution in [0.15, 0.2) is 46.9 Å². The molecule has 0 bridgehead atoms. The van der Waals surface area contributed by atoms with Crippen LogP contribution >= 0.6 is 27.5 Å². The molecule has 4 nitrogen and oxygen atoms in total. The third-order valence-electron chi connectivity index (χ3n) is 2.98. The number of benzene rings is 2. The number of nitrogens with one attached hydrogen (secondary N) is 2. The molecule has 0 spiro atoms. The number of hydrogen-bond donors (Lipinski definition) is 3. The summed E-state index contributed by atoms with van der Waals surface area (Å²) < 4.78 is 0.950. The molecular weight excluding hydrogens is 354 g/mol. The van der Waals surface area contributed by atoms with Crippen LogP contribution in [0.25, 0.3) is 0 Å². The standard InChI is InChI=1S/C15H15BrClN3O/c1-9(19-14-8-11(17)4-7-13(14)16)10-2-5-12(6-3-10)20-15(18)21/h2-9,19H,1H3,(H3,18,20,21).